The van der Waals surface area contributed by atoms with Gasteiger partial charge in [0, 0.05) is 29.1 Å². The summed E-state index contributed by atoms with van der Waals surface area (Å²) < 4.78 is 0. The van der Waals surface area contributed by atoms with Crippen molar-refractivity contribution in [1.82, 2.24) is 4.90 Å². The number of aliphatic carboxylic acids is 1. The highest BCUT2D eigenvalue weighted by Crippen LogP contribution is 2.28. The van der Waals surface area contributed by atoms with Crippen molar-refractivity contribution in [2.24, 2.45) is 0 Å². The van der Waals surface area contributed by atoms with Gasteiger partial charge in [-0.2, -0.15) is 0 Å². The van der Waals surface area contributed by atoms with E-state index < -0.39 is 5.97 Å². The second-order valence-electron chi connectivity index (χ2n) is 4.73. The minimum Gasteiger partial charge on any atom is -0.481 e. The molecule has 0 saturated carbocycles. The number of carboxylic acids is 1. The van der Waals surface area contributed by atoms with Crippen LogP contribution in [0.2, 0.25) is 0 Å². The maximum absolute atomic E-state index is 12.5. The van der Waals surface area contributed by atoms with E-state index in [9.17, 15) is 9.59 Å². The van der Waals surface area contributed by atoms with E-state index in [4.69, 9.17) is 5.11 Å². The summed E-state index contributed by atoms with van der Waals surface area (Å²) in [6, 6.07) is 11.5. The van der Waals surface area contributed by atoms with E-state index in [-0.39, 0.29) is 18.9 Å². The van der Waals surface area contributed by atoms with Gasteiger partial charge < -0.3 is 10.0 Å². The molecular weight excluding hydrogens is 318 g/mol. The Kier molecular flexibility index (Phi) is 6.03. The molecule has 1 heterocycles. The van der Waals surface area contributed by atoms with Gasteiger partial charge in [0.25, 0.3) is 5.91 Å². The summed E-state index contributed by atoms with van der Waals surface area (Å²) in [5.41, 5.74) is 0.622. The quantitative estimate of drug-likeness (QED) is 0.786. The molecule has 0 atom stereocenters. The summed E-state index contributed by atoms with van der Waals surface area (Å²) >= 11 is 3.31. The first-order valence-electron chi connectivity index (χ1n) is 6.79. The predicted octanol–water partition coefficient (Wildman–Crippen LogP) is 3.59. The normalized spacial score (nSPS) is 10.4. The molecule has 0 aliphatic carbocycles. The summed E-state index contributed by atoms with van der Waals surface area (Å²) in [6.07, 6.45) is -0.0489. The molecule has 1 aromatic carbocycles. The minimum atomic E-state index is -0.903. The van der Waals surface area contributed by atoms with Crippen LogP contribution in [0.3, 0.4) is 0 Å². The third kappa shape index (κ3) is 4.61. The van der Waals surface area contributed by atoms with E-state index in [1.807, 2.05) is 29.6 Å². The minimum absolute atomic E-state index is 0.0489. The SMILES string of the molecule is CN(CCC(=O)O)C(=O)c1ccccc1SCc1cccs1. The molecular formula is C16H17NO3S2. The molecule has 116 valence electrons. The second kappa shape index (κ2) is 8.00. The first-order valence-corrected chi connectivity index (χ1v) is 8.66. The fraction of sp³-hybridized carbons (Fsp3) is 0.250. The maximum atomic E-state index is 12.5. The number of hydrogen-bond donors (Lipinski definition) is 1. The summed E-state index contributed by atoms with van der Waals surface area (Å²) in [5, 5.41) is 10.8. The summed E-state index contributed by atoms with van der Waals surface area (Å²) in [6.45, 7) is 0.206. The zero-order valence-electron chi connectivity index (χ0n) is 12.2. The van der Waals surface area contributed by atoms with Crippen LogP contribution < -0.4 is 0 Å². The van der Waals surface area contributed by atoms with Crippen LogP contribution in [-0.4, -0.2) is 35.5 Å². The third-order valence-electron chi connectivity index (χ3n) is 3.08. The zero-order chi connectivity index (χ0) is 15.9. The Morgan fingerprint density at radius 2 is 2.00 bits per heavy atom. The summed E-state index contributed by atoms with van der Waals surface area (Å²) in [5.74, 6) is -0.226. The number of carbonyl (C=O) groups excluding carboxylic acids is 1. The lowest BCUT2D eigenvalue weighted by Crippen LogP contribution is -2.29. The van der Waals surface area contributed by atoms with Gasteiger partial charge in [-0.05, 0) is 23.6 Å². The average Bonchev–Trinajstić information content (AvgIpc) is 3.03. The van der Waals surface area contributed by atoms with Gasteiger partial charge in [-0.1, -0.05) is 18.2 Å². The molecule has 0 unspecified atom stereocenters. The number of hydrogen-bond acceptors (Lipinski definition) is 4. The van der Waals surface area contributed by atoms with Gasteiger partial charge in [0.05, 0.1) is 12.0 Å². The Bertz CT molecular complexity index is 641. The van der Waals surface area contributed by atoms with E-state index in [0.717, 1.165) is 10.6 Å². The van der Waals surface area contributed by atoms with Crippen molar-refractivity contribution >= 4 is 35.0 Å². The van der Waals surface area contributed by atoms with Crippen LogP contribution in [-0.2, 0) is 10.5 Å². The summed E-state index contributed by atoms with van der Waals surface area (Å²) in [4.78, 5) is 26.7. The third-order valence-corrected chi connectivity index (χ3v) is 5.26. The lowest BCUT2D eigenvalue weighted by molar-refractivity contribution is -0.137. The monoisotopic (exact) mass is 335 g/mol. The molecule has 2 aromatic rings. The van der Waals surface area contributed by atoms with Gasteiger partial charge in [-0.15, -0.1) is 23.1 Å². The van der Waals surface area contributed by atoms with E-state index in [1.54, 1.807) is 36.2 Å². The van der Waals surface area contributed by atoms with Crippen molar-refractivity contribution in [2.75, 3.05) is 13.6 Å². The first kappa shape index (κ1) is 16.6. The van der Waals surface area contributed by atoms with E-state index >= 15 is 0 Å². The average molecular weight is 335 g/mol. The molecule has 1 N–H and O–H groups in total. The van der Waals surface area contributed by atoms with Crippen LogP contribution in [0.4, 0.5) is 0 Å². The molecule has 0 saturated heterocycles. The molecule has 1 aromatic heterocycles. The van der Waals surface area contributed by atoms with Crippen molar-refractivity contribution < 1.29 is 14.7 Å². The largest absolute Gasteiger partial charge is 0.481 e. The Morgan fingerprint density at radius 3 is 2.68 bits per heavy atom. The molecule has 22 heavy (non-hydrogen) atoms. The van der Waals surface area contributed by atoms with Gasteiger partial charge >= 0.3 is 5.97 Å². The standard InChI is InChI=1S/C16H17NO3S2/c1-17(9-8-15(18)19)16(20)13-6-2-3-7-14(13)22-11-12-5-4-10-21-12/h2-7,10H,8-9,11H2,1H3,(H,18,19). The van der Waals surface area contributed by atoms with E-state index in [1.165, 1.54) is 9.78 Å². The van der Waals surface area contributed by atoms with E-state index in [0.29, 0.717) is 5.56 Å². The molecule has 4 nitrogen and oxygen atoms in total. The Morgan fingerprint density at radius 1 is 1.23 bits per heavy atom. The topological polar surface area (TPSA) is 57.6 Å². The number of thioether (sulfide) groups is 1. The van der Waals surface area contributed by atoms with Crippen LogP contribution in [0.25, 0.3) is 0 Å². The van der Waals surface area contributed by atoms with Gasteiger partial charge in [-0.3, -0.25) is 9.59 Å². The maximum Gasteiger partial charge on any atom is 0.305 e. The molecule has 0 aliphatic heterocycles. The Labute approximate surface area is 137 Å². The fourth-order valence-electron chi connectivity index (χ4n) is 1.88. The lowest BCUT2D eigenvalue weighted by atomic mass is 10.2. The number of rotatable bonds is 7. The highest BCUT2D eigenvalue weighted by Gasteiger charge is 2.16. The molecule has 0 fully saturated rings. The van der Waals surface area contributed by atoms with Crippen LogP contribution in [0.5, 0.6) is 0 Å². The first-order chi connectivity index (χ1) is 10.6. The molecule has 0 bridgehead atoms. The van der Waals surface area contributed by atoms with Crippen molar-refractivity contribution in [1.29, 1.82) is 0 Å². The van der Waals surface area contributed by atoms with Crippen LogP contribution in [0.15, 0.2) is 46.7 Å². The number of benzene rings is 1. The van der Waals surface area contributed by atoms with Crippen molar-refractivity contribution in [3.63, 3.8) is 0 Å². The molecule has 6 heteroatoms. The fourth-order valence-corrected chi connectivity index (χ4v) is 3.70. The number of nitrogens with zero attached hydrogens (tertiary/aromatic N) is 1. The van der Waals surface area contributed by atoms with Gasteiger partial charge in [0.1, 0.15) is 0 Å². The predicted molar refractivity (Wildman–Crippen MR) is 89.5 cm³/mol. The number of thiophene rings is 1. The van der Waals surface area contributed by atoms with E-state index in [2.05, 4.69) is 6.07 Å². The van der Waals surface area contributed by atoms with Crippen LogP contribution >= 0.6 is 23.1 Å². The smallest absolute Gasteiger partial charge is 0.305 e. The van der Waals surface area contributed by atoms with Crippen molar-refractivity contribution in [3.05, 3.63) is 52.2 Å². The highest BCUT2D eigenvalue weighted by atomic mass is 32.2. The zero-order valence-corrected chi connectivity index (χ0v) is 13.8. The molecule has 2 rings (SSSR count). The molecule has 0 spiro atoms. The second-order valence-corrected chi connectivity index (χ2v) is 6.78. The molecule has 1 amide bonds. The highest BCUT2D eigenvalue weighted by molar-refractivity contribution is 7.98. The van der Waals surface area contributed by atoms with Crippen LogP contribution in [0, 0.1) is 0 Å². The van der Waals surface area contributed by atoms with Crippen molar-refractivity contribution in [3.8, 4) is 0 Å². The van der Waals surface area contributed by atoms with Gasteiger partial charge in [-0.25, -0.2) is 0 Å². The molecule has 0 aliphatic rings. The van der Waals surface area contributed by atoms with Gasteiger partial charge in [0.2, 0.25) is 0 Å². The number of carbonyl (C=O) groups is 2. The number of amides is 1. The number of carboxylic acid groups (broad SMARTS) is 1. The lowest BCUT2D eigenvalue weighted by Gasteiger charge is -2.18. The Hall–Kier alpha value is -1.79. The molecule has 0 radical (unpaired) electrons. The summed E-state index contributed by atoms with van der Waals surface area (Å²) in [7, 11) is 1.63. The Balaban J connectivity index is 2.06. The van der Waals surface area contributed by atoms with Crippen molar-refractivity contribution in [2.45, 2.75) is 17.1 Å². The van der Waals surface area contributed by atoms with Gasteiger partial charge in [0.15, 0.2) is 0 Å². The van der Waals surface area contributed by atoms with Crippen LogP contribution in [0.1, 0.15) is 21.7 Å².